The van der Waals surface area contributed by atoms with Crippen molar-refractivity contribution >= 4 is 25.8 Å². The smallest absolute Gasteiger partial charge is 0.243 e. The third-order valence-corrected chi connectivity index (χ3v) is 8.14. The highest BCUT2D eigenvalue weighted by molar-refractivity contribution is 7.92. The van der Waals surface area contributed by atoms with Gasteiger partial charge in [-0.05, 0) is 36.4 Å². The molecule has 1 amide bonds. The van der Waals surface area contributed by atoms with Gasteiger partial charge in [-0.15, -0.1) is 0 Å². The molecule has 0 radical (unpaired) electrons. The van der Waals surface area contributed by atoms with Gasteiger partial charge < -0.3 is 4.90 Å². The van der Waals surface area contributed by atoms with Crippen molar-refractivity contribution in [2.75, 3.05) is 19.6 Å². The molecule has 1 N–H and O–H groups in total. The maximum absolute atomic E-state index is 13.6. The number of nitrogens with zero attached hydrogens (tertiary/aromatic N) is 1. The molecule has 2 aromatic carbocycles. The Labute approximate surface area is 167 Å². The first-order valence-electron chi connectivity index (χ1n) is 8.63. The zero-order valence-electron chi connectivity index (χ0n) is 15.1. The zero-order chi connectivity index (χ0) is 21.2. The molecule has 0 unspecified atom stereocenters. The second-order valence-electron chi connectivity index (χ2n) is 6.50. The average Bonchev–Trinajstić information content (AvgIpc) is 2.60. The molecule has 156 valence electrons. The quantitative estimate of drug-likeness (QED) is 0.649. The minimum Gasteiger partial charge on any atom is -0.340 e. The number of nitrogens with one attached hydrogen (secondary N) is 1. The maximum Gasteiger partial charge on any atom is 0.243 e. The standard InChI is InChI=1S/C18H18F2N2O5S2/c19-13-5-7-14(8-6-13)28(24,25)15-11-22(12-15)18(23)9-10-21-29(26,27)17-4-2-1-3-16(17)20/h1-8,15,21H,9-12H2. The van der Waals surface area contributed by atoms with Crippen LogP contribution in [-0.2, 0) is 24.7 Å². The molecule has 0 saturated carbocycles. The first-order chi connectivity index (χ1) is 13.6. The molecule has 7 nitrogen and oxygen atoms in total. The summed E-state index contributed by atoms with van der Waals surface area (Å²) in [6.45, 7) is -0.307. The van der Waals surface area contributed by atoms with Gasteiger partial charge in [-0.3, -0.25) is 4.79 Å². The summed E-state index contributed by atoms with van der Waals surface area (Å²) in [5.41, 5.74) is 0. The molecule has 1 saturated heterocycles. The first-order valence-corrected chi connectivity index (χ1v) is 11.7. The summed E-state index contributed by atoms with van der Waals surface area (Å²) in [7, 11) is -7.78. The number of carbonyl (C=O) groups is 1. The fourth-order valence-electron chi connectivity index (χ4n) is 2.85. The van der Waals surface area contributed by atoms with Crippen molar-refractivity contribution < 1.29 is 30.4 Å². The molecule has 2 aromatic rings. The number of benzene rings is 2. The molecule has 11 heteroatoms. The fourth-order valence-corrected chi connectivity index (χ4v) is 5.61. The van der Waals surface area contributed by atoms with Gasteiger partial charge in [0.05, 0.1) is 4.90 Å². The number of amides is 1. The van der Waals surface area contributed by atoms with Crippen molar-refractivity contribution in [3.05, 3.63) is 60.2 Å². The van der Waals surface area contributed by atoms with Crippen molar-refractivity contribution in [3.63, 3.8) is 0 Å². The number of sulfone groups is 1. The van der Waals surface area contributed by atoms with Crippen molar-refractivity contribution in [2.24, 2.45) is 0 Å². The van der Waals surface area contributed by atoms with Gasteiger partial charge in [0.25, 0.3) is 0 Å². The lowest BCUT2D eigenvalue weighted by Crippen LogP contribution is -2.57. The van der Waals surface area contributed by atoms with Crippen LogP contribution in [0.15, 0.2) is 58.3 Å². The Morgan fingerprint density at radius 1 is 1.00 bits per heavy atom. The molecule has 0 aliphatic carbocycles. The molecule has 3 rings (SSSR count). The van der Waals surface area contributed by atoms with Gasteiger partial charge in [-0.2, -0.15) is 0 Å². The Kier molecular flexibility index (Phi) is 6.01. The Bertz CT molecular complexity index is 1110. The fraction of sp³-hybridized carbons (Fsp3) is 0.278. The van der Waals surface area contributed by atoms with E-state index in [1.807, 2.05) is 0 Å². The van der Waals surface area contributed by atoms with Crippen LogP contribution in [0.4, 0.5) is 8.78 Å². The number of sulfonamides is 1. The Hall–Kier alpha value is -2.37. The van der Waals surface area contributed by atoms with Crippen molar-refractivity contribution in [3.8, 4) is 0 Å². The van der Waals surface area contributed by atoms with Crippen LogP contribution in [0, 0.1) is 11.6 Å². The summed E-state index contributed by atoms with van der Waals surface area (Å²) in [4.78, 5) is 12.9. The van der Waals surface area contributed by atoms with Gasteiger partial charge in [0, 0.05) is 26.1 Å². The van der Waals surface area contributed by atoms with E-state index in [1.54, 1.807) is 0 Å². The van der Waals surface area contributed by atoms with E-state index in [9.17, 15) is 30.4 Å². The number of halogens is 2. The van der Waals surface area contributed by atoms with Crippen LogP contribution >= 0.6 is 0 Å². The van der Waals surface area contributed by atoms with Gasteiger partial charge in [0.1, 0.15) is 21.8 Å². The van der Waals surface area contributed by atoms with Gasteiger partial charge in [-0.25, -0.2) is 30.3 Å². The van der Waals surface area contributed by atoms with E-state index in [-0.39, 0.29) is 31.0 Å². The lowest BCUT2D eigenvalue weighted by atomic mass is 10.2. The summed E-state index contributed by atoms with van der Waals surface area (Å²) in [5.74, 6) is -1.87. The second kappa shape index (κ2) is 8.17. The van der Waals surface area contributed by atoms with E-state index in [4.69, 9.17) is 0 Å². The van der Waals surface area contributed by atoms with Crippen LogP contribution in [0.25, 0.3) is 0 Å². The Balaban J connectivity index is 1.51. The van der Waals surface area contributed by atoms with Crippen molar-refractivity contribution in [1.82, 2.24) is 9.62 Å². The van der Waals surface area contributed by atoms with E-state index in [0.29, 0.717) is 0 Å². The SMILES string of the molecule is O=C(CCNS(=O)(=O)c1ccccc1F)N1CC(S(=O)(=O)c2ccc(F)cc2)C1. The Morgan fingerprint density at radius 3 is 2.24 bits per heavy atom. The Morgan fingerprint density at radius 2 is 1.62 bits per heavy atom. The predicted octanol–water partition coefficient (Wildman–Crippen LogP) is 1.32. The van der Waals surface area contributed by atoms with Crippen LogP contribution in [0.2, 0.25) is 0 Å². The highest BCUT2D eigenvalue weighted by Crippen LogP contribution is 2.24. The second-order valence-corrected chi connectivity index (χ2v) is 10.5. The molecule has 29 heavy (non-hydrogen) atoms. The van der Waals surface area contributed by atoms with E-state index in [2.05, 4.69) is 4.72 Å². The lowest BCUT2D eigenvalue weighted by molar-refractivity contribution is -0.134. The molecule has 0 bridgehead atoms. The van der Waals surface area contributed by atoms with Crippen LogP contribution in [-0.4, -0.2) is 52.5 Å². The lowest BCUT2D eigenvalue weighted by Gasteiger charge is -2.38. The summed E-state index contributed by atoms with van der Waals surface area (Å²) < 4.78 is 77.7. The topological polar surface area (TPSA) is 101 Å². The molecule has 1 aliphatic heterocycles. The van der Waals surface area contributed by atoms with Crippen molar-refractivity contribution in [1.29, 1.82) is 0 Å². The zero-order valence-corrected chi connectivity index (χ0v) is 16.7. The molecule has 0 spiro atoms. The van der Waals surface area contributed by atoms with E-state index < -0.39 is 47.5 Å². The number of hydrogen-bond acceptors (Lipinski definition) is 5. The predicted molar refractivity (Wildman–Crippen MR) is 100 cm³/mol. The summed E-state index contributed by atoms with van der Waals surface area (Å²) in [6, 6.07) is 9.32. The molecule has 0 atom stereocenters. The average molecular weight is 444 g/mol. The maximum atomic E-state index is 13.6. The number of likely N-dealkylation sites (tertiary alicyclic amines) is 1. The number of carbonyl (C=O) groups excluding carboxylic acids is 1. The van der Waals surface area contributed by atoms with Gasteiger partial charge in [0.2, 0.25) is 15.9 Å². The highest BCUT2D eigenvalue weighted by atomic mass is 32.2. The van der Waals surface area contributed by atoms with Crippen LogP contribution in [0.1, 0.15) is 6.42 Å². The van der Waals surface area contributed by atoms with E-state index >= 15 is 0 Å². The molecule has 0 aromatic heterocycles. The summed E-state index contributed by atoms with van der Waals surface area (Å²) in [5, 5.41) is -0.799. The van der Waals surface area contributed by atoms with Gasteiger partial charge in [-0.1, -0.05) is 12.1 Å². The summed E-state index contributed by atoms with van der Waals surface area (Å²) in [6.07, 6.45) is -0.197. The molecule has 1 aliphatic rings. The minimum absolute atomic E-state index is 0.0198. The van der Waals surface area contributed by atoms with Crippen molar-refractivity contribution in [2.45, 2.75) is 21.5 Å². The summed E-state index contributed by atoms with van der Waals surface area (Å²) >= 11 is 0. The monoisotopic (exact) mass is 444 g/mol. The third kappa shape index (κ3) is 4.62. The normalized spacial score (nSPS) is 15.2. The number of hydrogen-bond donors (Lipinski definition) is 1. The molecule has 1 fully saturated rings. The van der Waals surface area contributed by atoms with Crippen LogP contribution in [0.3, 0.4) is 0 Å². The minimum atomic E-state index is -4.10. The molecular formula is C18H18F2N2O5S2. The third-order valence-electron chi connectivity index (χ3n) is 4.54. The first kappa shape index (κ1) is 21.3. The van der Waals surface area contributed by atoms with Crippen LogP contribution < -0.4 is 4.72 Å². The van der Waals surface area contributed by atoms with Gasteiger partial charge in [0.15, 0.2) is 9.84 Å². The largest absolute Gasteiger partial charge is 0.340 e. The van der Waals surface area contributed by atoms with E-state index in [1.165, 1.54) is 29.2 Å². The molecular weight excluding hydrogens is 426 g/mol. The van der Waals surface area contributed by atoms with E-state index in [0.717, 1.165) is 24.3 Å². The number of rotatable bonds is 7. The molecule has 1 heterocycles. The van der Waals surface area contributed by atoms with Gasteiger partial charge >= 0.3 is 0 Å². The highest BCUT2D eigenvalue weighted by Gasteiger charge is 2.40. The van der Waals surface area contributed by atoms with Crippen LogP contribution in [0.5, 0.6) is 0 Å².